The van der Waals surface area contributed by atoms with Gasteiger partial charge in [0.1, 0.15) is 5.82 Å². The Morgan fingerprint density at radius 3 is 2.43 bits per heavy atom. The molecule has 1 unspecified atom stereocenters. The van der Waals surface area contributed by atoms with E-state index in [1.165, 1.54) is 38.5 Å². The summed E-state index contributed by atoms with van der Waals surface area (Å²) in [6.45, 7) is 4.01. The predicted molar refractivity (Wildman–Crippen MR) is 151 cm³/mol. The van der Waals surface area contributed by atoms with E-state index in [-0.39, 0.29) is 6.04 Å². The largest absolute Gasteiger partial charge is 0.381 e. The first kappa shape index (κ1) is 24.1. The van der Waals surface area contributed by atoms with Crippen molar-refractivity contribution in [2.75, 3.05) is 18.5 Å². The van der Waals surface area contributed by atoms with Gasteiger partial charge in [-0.15, -0.1) is 0 Å². The molecule has 2 aliphatic heterocycles. The minimum absolute atomic E-state index is 0.216. The minimum Gasteiger partial charge on any atom is -0.381 e. The lowest BCUT2D eigenvalue weighted by atomic mass is 9.75. The number of aliphatic imine (C=N–C) groups is 1. The van der Waals surface area contributed by atoms with Crippen LogP contribution in [-0.2, 0) is 11.8 Å². The van der Waals surface area contributed by atoms with Crippen LogP contribution in [0.5, 0.6) is 0 Å². The molecule has 3 aromatic rings. The monoisotopic (exact) mass is 495 g/mol. The molecule has 1 saturated carbocycles. The first-order valence-corrected chi connectivity index (χ1v) is 13.8. The maximum absolute atomic E-state index is 5.60. The Kier molecular flexibility index (Phi) is 6.92. The zero-order chi connectivity index (χ0) is 25.2. The first-order chi connectivity index (χ1) is 18.1. The topological polar surface area (TPSA) is 64.3 Å². The van der Waals surface area contributed by atoms with Crippen molar-refractivity contribution in [3.05, 3.63) is 60.4 Å². The van der Waals surface area contributed by atoms with Gasteiger partial charge in [-0.2, -0.15) is 5.10 Å². The molecule has 3 aliphatic rings. The zero-order valence-corrected chi connectivity index (χ0v) is 21.9. The number of hydrogen-bond acceptors (Lipinski definition) is 5. The summed E-state index contributed by atoms with van der Waals surface area (Å²) in [5.74, 6) is 2.67. The average molecular weight is 496 g/mol. The molecule has 1 aliphatic carbocycles. The number of benzene rings is 1. The van der Waals surface area contributed by atoms with Gasteiger partial charge in [0.05, 0.1) is 17.9 Å². The molecule has 0 amide bonds. The molecule has 6 rings (SSSR count). The van der Waals surface area contributed by atoms with E-state index in [1.54, 1.807) is 0 Å². The molecule has 0 radical (unpaired) electrons. The number of hydrogen-bond donors (Lipinski definition) is 1. The van der Waals surface area contributed by atoms with Crippen molar-refractivity contribution in [1.29, 1.82) is 0 Å². The van der Waals surface area contributed by atoms with Crippen LogP contribution < -0.4 is 5.32 Å². The van der Waals surface area contributed by atoms with Crippen molar-refractivity contribution >= 4 is 17.6 Å². The van der Waals surface area contributed by atoms with Crippen molar-refractivity contribution in [3.8, 4) is 22.4 Å². The van der Waals surface area contributed by atoms with Crippen LogP contribution in [0.1, 0.15) is 51.0 Å². The van der Waals surface area contributed by atoms with E-state index in [9.17, 15) is 0 Å². The molecular weight excluding hydrogens is 458 g/mol. The number of nitrogens with zero attached hydrogens (tertiary/aromatic N) is 4. The lowest BCUT2D eigenvalue weighted by Crippen LogP contribution is -2.32. The van der Waals surface area contributed by atoms with Crippen LogP contribution in [0.3, 0.4) is 0 Å². The number of nitrogens with one attached hydrogen (secondary N) is 1. The molecule has 6 heteroatoms. The van der Waals surface area contributed by atoms with Gasteiger partial charge in [0, 0.05) is 61.0 Å². The lowest BCUT2D eigenvalue weighted by molar-refractivity contribution is 0.0384. The van der Waals surface area contributed by atoms with Gasteiger partial charge in [-0.1, -0.05) is 24.3 Å². The Morgan fingerprint density at radius 2 is 1.70 bits per heavy atom. The molecule has 1 N–H and O–H groups in total. The molecule has 1 atom stereocenters. The van der Waals surface area contributed by atoms with Crippen molar-refractivity contribution in [2.45, 2.75) is 57.5 Å². The third-order valence-electron chi connectivity index (χ3n) is 8.32. The molecule has 2 fully saturated rings. The van der Waals surface area contributed by atoms with Gasteiger partial charge in [0.15, 0.2) is 0 Å². The quantitative estimate of drug-likeness (QED) is 0.430. The molecule has 0 spiro atoms. The van der Waals surface area contributed by atoms with Gasteiger partial charge in [0.2, 0.25) is 0 Å². The van der Waals surface area contributed by atoms with Crippen molar-refractivity contribution in [2.24, 2.45) is 23.9 Å². The summed E-state index contributed by atoms with van der Waals surface area (Å²) in [6, 6.07) is 13.6. The molecular formula is C31H37N5O. The molecule has 1 saturated heterocycles. The lowest BCUT2D eigenvalue weighted by Gasteiger charge is -2.36. The Balaban J connectivity index is 1.25. The van der Waals surface area contributed by atoms with Crippen LogP contribution in [-0.4, -0.2) is 46.3 Å². The SMILES string of the molecule is CC1C=C(c2ccc(-c3cccc(-c4cnn(C)c4)c3)nc2NC2CCC(C3CCOCC3)CC2)C=N1. The molecule has 4 heterocycles. The van der Waals surface area contributed by atoms with E-state index < -0.39 is 0 Å². The number of anilines is 1. The fourth-order valence-electron chi connectivity index (χ4n) is 6.21. The van der Waals surface area contributed by atoms with Crippen LogP contribution in [0, 0.1) is 11.8 Å². The number of pyridine rings is 1. The number of ether oxygens (including phenoxy) is 1. The average Bonchev–Trinajstić information content (AvgIpc) is 3.58. The Bertz CT molecular complexity index is 1290. The summed E-state index contributed by atoms with van der Waals surface area (Å²) in [4.78, 5) is 9.78. The molecule has 0 bridgehead atoms. The van der Waals surface area contributed by atoms with Gasteiger partial charge in [-0.05, 0) is 81.0 Å². The zero-order valence-electron chi connectivity index (χ0n) is 21.9. The maximum Gasteiger partial charge on any atom is 0.134 e. The smallest absolute Gasteiger partial charge is 0.134 e. The Hall–Kier alpha value is -3.25. The van der Waals surface area contributed by atoms with Gasteiger partial charge >= 0.3 is 0 Å². The van der Waals surface area contributed by atoms with E-state index >= 15 is 0 Å². The second kappa shape index (κ2) is 10.6. The maximum atomic E-state index is 5.60. The van der Waals surface area contributed by atoms with Crippen LogP contribution in [0.2, 0.25) is 0 Å². The number of rotatable bonds is 6. The number of aromatic nitrogens is 3. The van der Waals surface area contributed by atoms with Gasteiger partial charge in [0.25, 0.3) is 0 Å². The Morgan fingerprint density at radius 1 is 0.919 bits per heavy atom. The predicted octanol–water partition coefficient (Wildman–Crippen LogP) is 6.40. The summed E-state index contributed by atoms with van der Waals surface area (Å²) in [5.41, 5.74) is 6.66. The van der Waals surface area contributed by atoms with E-state index in [2.05, 4.69) is 64.8 Å². The second-order valence-electron chi connectivity index (χ2n) is 10.9. The standard InChI is InChI=1S/C31H37N5O/c1-21-16-26(18-32-21)29-10-11-30(25-5-3-4-24(17-25)27-19-33-36(2)20-27)35-31(29)34-28-8-6-22(7-9-28)23-12-14-37-15-13-23/h3-5,10-11,16-23,28H,6-9,12-15H2,1-2H3,(H,34,35). The summed E-state index contributed by atoms with van der Waals surface area (Å²) >= 11 is 0. The van der Waals surface area contributed by atoms with Crippen LogP contribution in [0.4, 0.5) is 5.82 Å². The van der Waals surface area contributed by atoms with Crippen molar-refractivity contribution < 1.29 is 4.74 Å². The molecule has 37 heavy (non-hydrogen) atoms. The van der Waals surface area contributed by atoms with E-state index in [1.807, 2.05) is 30.3 Å². The van der Waals surface area contributed by atoms with Crippen LogP contribution in [0.25, 0.3) is 28.0 Å². The van der Waals surface area contributed by atoms with Crippen molar-refractivity contribution in [3.63, 3.8) is 0 Å². The second-order valence-corrected chi connectivity index (χ2v) is 10.9. The number of aryl methyl sites for hydroxylation is 1. The molecule has 2 aromatic heterocycles. The number of allylic oxidation sites excluding steroid dienone is 1. The van der Waals surface area contributed by atoms with Crippen LogP contribution in [0.15, 0.2) is 59.9 Å². The highest BCUT2D eigenvalue weighted by Gasteiger charge is 2.29. The van der Waals surface area contributed by atoms with Crippen molar-refractivity contribution in [1.82, 2.24) is 14.8 Å². The fraction of sp³-hybridized carbons (Fsp3) is 0.452. The third kappa shape index (κ3) is 5.40. The van der Waals surface area contributed by atoms with Gasteiger partial charge in [-0.3, -0.25) is 9.67 Å². The fourth-order valence-corrected chi connectivity index (χ4v) is 6.21. The highest BCUT2D eigenvalue weighted by atomic mass is 16.5. The molecule has 192 valence electrons. The normalized spacial score (nSPS) is 24.3. The summed E-state index contributed by atoms with van der Waals surface area (Å²) in [7, 11) is 1.95. The minimum atomic E-state index is 0.216. The third-order valence-corrected chi connectivity index (χ3v) is 8.32. The van der Waals surface area contributed by atoms with Gasteiger partial charge < -0.3 is 10.1 Å². The summed E-state index contributed by atoms with van der Waals surface area (Å²) in [5, 5.41) is 8.21. The summed E-state index contributed by atoms with van der Waals surface area (Å²) in [6.07, 6.45) is 15.7. The summed E-state index contributed by atoms with van der Waals surface area (Å²) < 4.78 is 7.44. The highest BCUT2D eigenvalue weighted by molar-refractivity contribution is 6.13. The van der Waals surface area contributed by atoms with E-state index in [0.29, 0.717) is 6.04 Å². The van der Waals surface area contributed by atoms with E-state index in [0.717, 1.165) is 64.4 Å². The Labute approximate surface area is 219 Å². The molecule has 1 aromatic carbocycles. The van der Waals surface area contributed by atoms with Gasteiger partial charge in [-0.25, -0.2) is 4.98 Å². The van der Waals surface area contributed by atoms with E-state index in [4.69, 9.17) is 9.72 Å². The first-order valence-electron chi connectivity index (χ1n) is 13.8. The highest BCUT2D eigenvalue weighted by Crippen LogP contribution is 2.37. The molecule has 6 nitrogen and oxygen atoms in total. The van der Waals surface area contributed by atoms with Crippen LogP contribution >= 0.6 is 0 Å².